The standard InChI is InChI=1S/C26H20O7/c1-30-15-8-9-16(21(10-15)31-2)17-11-23(29)32-22-13-19(28)25-18(27)12-20(33-26(25)24(17)22)14-6-4-3-5-7-14/h3-10,12-13,17,28H,11H2,1-2H3/t17-/m0/s1. The molecule has 166 valence electrons. The van der Waals surface area contributed by atoms with Crippen molar-refractivity contribution in [3.05, 3.63) is 82.0 Å². The van der Waals surface area contributed by atoms with Crippen LogP contribution in [-0.4, -0.2) is 25.3 Å². The van der Waals surface area contributed by atoms with Gasteiger partial charge in [-0.25, -0.2) is 0 Å². The maximum absolute atomic E-state index is 13.0. The molecule has 1 atom stereocenters. The van der Waals surface area contributed by atoms with E-state index in [0.717, 1.165) is 0 Å². The number of aromatic hydroxyl groups is 1. The van der Waals surface area contributed by atoms with Gasteiger partial charge < -0.3 is 23.7 Å². The summed E-state index contributed by atoms with van der Waals surface area (Å²) in [5.74, 6) is 0.300. The summed E-state index contributed by atoms with van der Waals surface area (Å²) in [5, 5.41) is 10.6. The van der Waals surface area contributed by atoms with Crippen LogP contribution in [0, 0.1) is 0 Å². The van der Waals surface area contributed by atoms with E-state index in [0.29, 0.717) is 33.9 Å². The lowest BCUT2D eigenvalue weighted by atomic mass is 9.84. The first kappa shape index (κ1) is 20.6. The molecule has 2 heterocycles. The van der Waals surface area contributed by atoms with Crippen molar-refractivity contribution in [2.75, 3.05) is 14.2 Å². The maximum atomic E-state index is 13.0. The minimum atomic E-state index is -0.528. The van der Waals surface area contributed by atoms with E-state index < -0.39 is 17.3 Å². The van der Waals surface area contributed by atoms with Gasteiger partial charge in [0.1, 0.15) is 39.7 Å². The summed E-state index contributed by atoms with van der Waals surface area (Å²) in [6.07, 6.45) is 0.00877. The number of carbonyl (C=O) groups is 1. The minimum Gasteiger partial charge on any atom is -0.507 e. The van der Waals surface area contributed by atoms with Gasteiger partial charge in [-0.2, -0.15) is 0 Å². The van der Waals surface area contributed by atoms with Gasteiger partial charge in [-0.3, -0.25) is 9.59 Å². The molecular weight excluding hydrogens is 424 g/mol. The molecule has 4 aromatic rings. The lowest BCUT2D eigenvalue weighted by Gasteiger charge is -2.27. The van der Waals surface area contributed by atoms with Crippen molar-refractivity contribution < 1.29 is 28.5 Å². The van der Waals surface area contributed by atoms with Crippen LogP contribution in [0.5, 0.6) is 23.0 Å². The van der Waals surface area contributed by atoms with Crippen molar-refractivity contribution in [1.29, 1.82) is 0 Å². The summed E-state index contributed by atoms with van der Waals surface area (Å²) in [5.41, 5.74) is 1.69. The first-order valence-electron chi connectivity index (χ1n) is 10.3. The molecule has 1 aliphatic rings. The predicted molar refractivity (Wildman–Crippen MR) is 121 cm³/mol. The van der Waals surface area contributed by atoms with Gasteiger partial charge in [0, 0.05) is 40.8 Å². The van der Waals surface area contributed by atoms with E-state index >= 15 is 0 Å². The Labute approximate surface area is 188 Å². The second kappa shape index (κ2) is 8.02. The van der Waals surface area contributed by atoms with Crippen molar-refractivity contribution in [3.8, 4) is 34.3 Å². The van der Waals surface area contributed by atoms with Crippen LogP contribution in [0.1, 0.15) is 23.5 Å². The Balaban J connectivity index is 1.82. The van der Waals surface area contributed by atoms with Gasteiger partial charge in [0.2, 0.25) is 0 Å². The van der Waals surface area contributed by atoms with Crippen molar-refractivity contribution in [2.24, 2.45) is 0 Å². The van der Waals surface area contributed by atoms with E-state index in [2.05, 4.69) is 0 Å². The highest BCUT2D eigenvalue weighted by Gasteiger charge is 2.35. The summed E-state index contributed by atoms with van der Waals surface area (Å²) in [6.45, 7) is 0. The minimum absolute atomic E-state index is 0.00877. The van der Waals surface area contributed by atoms with Gasteiger partial charge in [0.25, 0.3) is 0 Å². The second-order valence-electron chi connectivity index (χ2n) is 7.69. The fraction of sp³-hybridized carbons (Fsp3) is 0.154. The van der Waals surface area contributed by atoms with Gasteiger partial charge in [0.05, 0.1) is 20.6 Å². The average Bonchev–Trinajstić information content (AvgIpc) is 2.83. The number of fused-ring (bicyclic) bond motifs is 3. The van der Waals surface area contributed by atoms with E-state index in [4.69, 9.17) is 18.6 Å². The quantitative estimate of drug-likeness (QED) is 0.362. The lowest BCUT2D eigenvalue weighted by Crippen LogP contribution is -2.22. The molecule has 0 fully saturated rings. The zero-order valence-corrected chi connectivity index (χ0v) is 18.0. The zero-order chi connectivity index (χ0) is 23.1. The fourth-order valence-electron chi connectivity index (χ4n) is 4.28. The molecule has 7 heteroatoms. The molecule has 1 aromatic heterocycles. The van der Waals surface area contributed by atoms with E-state index in [-0.39, 0.29) is 28.9 Å². The summed E-state index contributed by atoms with van der Waals surface area (Å²) in [4.78, 5) is 25.5. The molecule has 0 radical (unpaired) electrons. The first-order chi connectivity index (χ1) is 16.0. The highest BCUT2D eigenvalue weighted by atomic mass is 16.5. The number of benzene rings is 3. The van der Waals surface area contributed by atoms with E-state index in [1.54, 1.807) is 19.2 Å². The average molecular weight is 444 g/mol. The van der Waals surface area contributed by atoms with E-state index in [1.807, 2.05) is 36.4 Å². The molecule has 5 rings (SSSR count). The summed E-state index contributed by atoms with van der Waals surface area (Å²) in [6, 6.07) is 17.1. The number of methoxy groups -OCH3 is 2. The largest absolute Gasteiger partial charge is 0.507 e. The first-order valence-corrected chi connectivity index (χ1v) is 10.3. The Morgan fingerprint density at radius 1 is 0.970 bits per heavy atom. The smallest absolute Gasteiger partial charge is 0.312 e. The predicted octanol–water partition coefficient (Wildman–Crippen LogP) is 4.62. The fourth-order valence-corrected chi connectivity index (χ4v) is 4.28. The van der Waals surface area contributed by atoms with Gasteiger partial charge in [-0.15, -0.1) is 0 Å². The maximum Gasteiger partial charge on any atom is 0.312 e. The van der Waals surface area contributed by atoms with Crippen LogP contribution in [0.25, 0.3) is 22.3 Å². The van der Waals surface area contributed by atoms with Crippen molar-refractivity contribution in [2.45, 2.75) is 12.3 Å². The van der Waals surface area contributed by atoms with E-state index in [9.17, 15) is 14.7 Å². The second-order valence-corrected chi connectivity index (χ2v) is 7.69. The summed E-state index contributed by atoms with van der Waals surface area (Å²) >= 11 is 0. The normalized spacial score (nSPS) is 15.1. The number of phenols is 1. The van der Waals surface area contributed by atoms with Crippen LogP contribution >= 0.6 is 0 Å². The van der Waals surface area contributed by atoms with Crippen molar-refractivity contribution in [1.82, 2.24) is 0 Å². The van der Waals surface area contributed by atoms with E-state index in [1.165, 1.54) is 19.2 Å². The molecule has 0 amide bonds. The van der Waals surface area contributed by atoms with Crippen LogP contribution in [0.3, 0.4) is 0 Å². The monoisotopic (exact) mass is 444 g/mol. The third-order valence-corrected chi connectivity index (χ3v) is 5.80. The molecule has 33 heavy (non-hydrogen) atoms. The molecule has 1 N–H and O–H groups in total. The van der Waals surface area contributed by atoms with Gasteiger partial charge in [0.15, 0.2) is 5.43 Å². The Kier molecular flexibility index (Phi) is 5.01. The number of rotatable bonds is 4. The Morgan fingerprint density at radius 2 is 1.76 bits per heavy atom. The van der Waals surface area contributed by atoms with Crippen molar-refractivity contribution >= 4 is 16.9 Å². The van der Waals surface area contributed by atoms with Gasteiger partial charge in [-0.05, 0) is 6.07 Å². The summed E-state index contributed by atoms with van der Waals surface area (Å²) < 4.78 is 22.5. The van der Waals surface area contributed by atoms with Crippen molar-refractivity contribution in [3.63, 3.8) is 0 Å². The number of ether oxygens (including phenoxy) is 3. The molecule has 0 saturated carbocycles. The molecule has 0 spiro atoms. The van der Waals surface area contributed by atoms with Crippen LogP contribution in [0.4, 0.5) is 0 Å². The molecule has 0 saturated heterocycles. The molecule has 7 nitrogen and oxygen atoms in total. The highest BCUT2D eigenvalue weighted by molar-refractivity contribution is 5.93. The van der Waals surface area contributed by atoms with Gasteiger partial charge >= 0.3 is 5.97 Å². The van der Waals surface area contributed by atoms with Crippen LogP contribution in [0.15, 0.2) is 69.9 Å². The number of hydrogen-bond donors (Lipinski definition) is 1. The number of phenolic OH excluding ortho intramolecular Hbond substituents is 1. The number of esters is 1. The molecule has 0 bridgehead atoms. The highest BCUT2D eigenvalue weighted by Crippen LogP contribution is 2.48. The SMILES string of the molecule is COc1ccc([C@@H]2CC(=O)Oc3cc(O)c4c(=O)cc(-c5ccccc5)oc4c32)c(OC)c1. The van der Waals surface area contributed by atoms with Crippen LogP contribution < -0.4 is 19.6 Å². The summed E-state index contributed by atoms with van der Waals surface area (Å²) in [7, 11) is 3.08. The molecular formula is C26H20O7. The molecule has 3 aromatic carbocycles. The number of carbonyl (C=O) groups excluding carboxylic acids is 1. The van der Waals surface area contributed by atoms with Crippen LogP contribution in [-0.2, 0) is 4.79 Å². The molecule has 0 unspecified atom stereocenters. The third-order valence-electron chi connectivity index (χ3n) is 5.80. The third kappa shape index (κ3) is 3.47. The van der Waals surface area contributed by atoms with Gasteiger partial charge in [-0.1, -0.05) is 36.4 Å². The molecule has 0 aliphatic carbocycles. The lowest BCUT2D eigenvalue weighted by molar-refractivity contribution is -0.135. The Morgan fingerprint density at radius 3 is 2.48 bits per heavy atom. The van der Waals surface area contributed by atoms with Crippen LogP contribution in [0.2, 0.25) is 0 Å². The Bertz CT molecular complexity index is 1440. The molecule has 1 aliphatic heterocycles. The zero-order valence-electron chi connectivity index (χ0n) is 18.0. The number of hydrogen-bond acceptors (Lipinski definition) is 7. The Hall–Kier alpha value is -4.26. The topological polar surface area (TPSA) is 95.2 Å².